The molecule has 0 aromatic heterocycles. The van der Waals surface area contributed by atoms with Crippen molar-refractivity contribution in [2.45, 2.75) is 18.6 Å². The molecule has 2 atom stereocenters. The van der Waals surface area contributed by atoms with Gasteiger partial charge in [0, 0.05) is 12.6 Å². The summed E-state index contributed by atoms with van der Waals surface area (Å²) in [6.07, 6.45) is -0.277. The fourth-order valence-corrected chi connectivity index (χ4v) is 0.946. The van der Waals surface area contributed by atoms with E-state index >= 15 is 0 Å². The first-order chi connectivity index (χ1) is 4.20. The van der Waals surface area contributed by atoms with Gasteiger partial charge < -0.3 is 10.5 Å². The summed E-state index contributed by atoms with van der Waals surface area (Å²) >= 11 is 0. The molecule has 1 fully saturated rings. The van der Waals surface area contributed by atoms with E-state index < -0.39 is 6.17 Å². The maximum atomic E-state index is 12.6. The van der Waals surface area contributed by atoms with Crippen molar-refractivity contribution in [3.8, 4) is 0 Å². The van der Waals surface area contributed by atoms with Gasteiger partial charge in [0.05, 0.1) is 0 Å². The molecule has 1 heterocycles. The third kappa shape index (κ3) is 1.66. The number of nitrogens with zero attached hydrogens (tertiary/aromatic N) is 1. The molecule has 1 rings (SSSR count). The Kier molecular flexibility index (Phi) is 2.08. The second-order valence-electron chi connectivity index (χ2n) is 2.46. The molecule has 0 aromatic rings. The first-order valence-electron chi connectivity index (χ1n) is 3.09. The zero-order chi connectivity index (χ0) is 6.85. The zero-order valence-corrected chi connectivity index (χ0v) is 5.26. The minimum Gasteiger partial charge on any atom is -0.351 e. The summed E-state index contributed by atoms with van der Waals surface area (Å²) in [5, 5.41) is 0. The molecule has 2 unspecified atom stereocenters. The number of rotatable bonds is 0. The lowest BCUT2D eigenvalue weighted by atomic mass is 10.0. The quantitative estimate of drug-likeness (QED) is 0.443. The molecule has 0 saturated carbocycles. The van der Waals surface area contributed by atoms with Gasteiger partial charge in [-0.05, 0) is 13.0 Å². The molecule has 1 saturated heterocycles. The van der Waals surface area contributed by atoms with E-state index in [0.29, 0.717) is 13.0 Å². The molecule has 1 aliphatic heterocycles. The van der Waals surface area contributed by atoms with Crippen molar-refractivity contribution in [1.29, 1.82) is 0 Å². The summed E-state index contributed by atoms with van der Waals surface area (Å²) in [6.45, 7) is 0.989. The van der Waals surface area contributed by atoms with Gasteiger partial charge in [0.2, 0.25) is 0 Å². The monoisotopic (exact) mass is 128 g/mol. The summed E-state index contributed by atoms with van der Waals surface area (Å²) in [4.78, 5) is 1.47. The Morgan fingerprint density at radius 3 is 2.78 bits per heavy atom. The van der Waals surface area contributed by atoms with Crippen molar-refractivity contribution in [3.05, 3.63) is 0 Å². The van der Waals surface area contributed by atoms with Crippen molar-refractivity contribution >= 4 is 7.98 Å². The van der Waals surface area contributed by atoms with Crippen LogP contribution in [0.25, 0.3) is 0 Å². The lowest BCUT2D eigenvalue weighted by molar-refractivity contribution is 0.180. The van der Waals surface area contributed by atoms with Crippen molar-refractivity contribution in [3.63, 3.8) is 0 Å². The van der Waals surface area contributed by atoms with Crippen molar-refractivity contribution in [2.24, 2.45) is 5.73 Å². The van der Waals surface area contributed by atoms with Crippen LogP contribution in [0.3, 0.4) is 0 Å². The van der Waals surface area contributed by atoms with E-state index in [-0.39, 0.29) is 12.6 Å². The lowest BCUT2D eigenvalue weighted by Crippen LogP contribution is -2.47. The summed E-state index contributed by atoms with van der Waals surface area (Å²) in [7, 11) is 5.33. The molecule has 0 bridgehead atoms. The molecular formula is C5H10BFN2. The highest BCUT2D eigenvalue weighted by Gasteiger charge is 2.23. The lowest BCUT2D eigenvalue weighted by Gasteiger charge is -2.30. The van der Waals surface area contributed by atoms with Crippen LogP contribution in [-0.2, 0) is 0 Å². The number of nitrogens with two attached hydrogens (primary N) is 1. The average molecular weight is 128 g/mol. The van der Waals surface area contributed by atoms with Crippen LogP contribution < -0.4 is 5.73 Å². The van der Waals surface area contributed by atoms with E-state index in [1.807, 2.05) is 0 Å². The smallest absolute Gasteiger partial charge is 0.182 e. The third-order valence-corrected chi connectivity index (χ3v) is 1.62. The van der Waals surface area contributed by atoms with Gasteiger partial charge in [-0.1, -0.05) is 0 Å². The maximum absolute atomic E-state index is 12.6. The van der Waals surface area contributed by atoms with Crippen LogP contribution in [0.1, 0.15) is 6.42 Å². The van der Waals surface area contributed by atoms with Crippen molar-refractivity contribution < 1.29 is 4.39 Å². The highest BCUT2D eigenvalue weighted by atomic mass is 19.1. The summed E-state index contributed by atoms with van der Waals surface area (Å²) in [5.41, 5.74) is 5.38. The predicted molar refractivity (Wildman–Crippen MR) is 34.8 cm³/mol. The fourth-order valence-electron chi connectivity index (χ4n) is 0.946. The molecule has 9 heavy (non-hydrogen) atoms. The van der Waals surface area contributed by atoms with Crippen molar-refractivity contribution in [1.82, 2.24) is 4.81 Å². The molecule has 2 N–H and O–H groups in total. The van der Waals surface area contributed by atoms with Gasteiger partial charge in [-0.15, -0.1) is 0 Å². The Morgan fingerprint density at radius 2 is 2.33 bits per heavy atom. The average Bonchev–Trinajstić information content (AvgIpc) is 1.80. The van der Waals surface area contributed by atoms with Gasteiger partial charge in [-0.25, -0.2) is 4.39 Å². The highest BCUT2D eigenvalue weighted by molar-refractivity contribution is 6.04. The Balaban J connectivity index is 2.35. The standard InChI is InChI=1S/C5H10BFN2/c6-9-2-1-5(8)4(7)3-9/h4-5H,1-3,8H2. The predicted octanol–water partition coefficient (Wildman–Crippen LogP) is -0.559. The van der Waals surface area contributed by atoms with Gasteiger partial charge in [-0.2, -0.15) is 0 Å². The molecule has 2 nitrogen and oxygen atoms in total. The maximum Gasteiger partial charge on any atom is 0.182 e. The molecule has 1 aliphatic rings. The van der Waals surface area contributed by atoms with Gasteiger partial charge in [-0.3, -0.25) is 0 Å². The Morgan fingerprint density at radius 1 is 1.67 bits per heavy atom. The minimum absolute atomic E-state index is 0.279. The van der Waals surface area contributed by atoms with Crippen LogP contribution in [0.5, 0.6) is 0 Å². The number of piperidine rings is 1. The highest BCUT2D eigenvalue weighted by Crippen LogP contribution is 2.09. The fraction of sp³-hybridized carbons (Fsp3) is 1.00. The van der Waals surface area contributed by atoms with Crippen LogP contribution in [0.4, 0.5) is 4.39 Å². The number of halogens is 1. The first-order valence-corrected chi connectivity index (χ1v) is 3.09. The largest absolute Gasteiger partial charge is 0.351 e. The van der Waals surface area contributed by atoms with Gasteiger partial charge in [0.1, 0.15) is 6.17 Å². The molecule has 0 spiro atoms. The molecule has 0 aliphatic carbocycles. The molecule has 2 radical (unpaired) electrons. The van der Waals surface area contributed by atoms with E-state index in [2.05, 4.69) is 0 Å². The summed E-state index contributed by atoms with van der Waals surface area (Å²) < 4.78 is 12.6. The zero-order valence-electron chi connectivity index (χ0n) is 5.26. The molecule has 0 amide bonds. The van der Waals surface area contributed by atoms with Crippen LogP contribution in [0.2, 0.25) is 0 Å². The molecule has 0 aromatic carbocycles. The van der Waals surface area contributed by atoms with E-state index in [0.717, 1.165) is 0 Å². The van der Waals surface area contributed by atoms with Crippen LogP contribution in [0.15, 0.2) is 0 Å². The second kappa shape index (κ2) is 2.67. The van der Waals surface area contributed by atoms with Gasteiger partial charge in [0.25, 0.3) is 0 Å². The van der Waals surface area contributed by atoms with E-state index in [1.54, 1.807) is 0 Å². The molecular weight excluding hydrogens is 118 g/mol. The SMILES string of the molecule is [B]N1CCC(N)C(F)C1. The van der Waals surface area contributed by atoms with Crippen molar-refractivity contribution in [2.75, 3.05) is 13.1 Å². The summed E-state index contributed by atoms with van der Waals surface area (Å²) in [6, 6.07) is -0.301. The molecule has 4 heteroatoms. The second-order valence-corrected chi connectivity index (χ2v) is 2.46. The topological polar surface area (TPSA) is 29.3 Å². The van der Waals surface area contributed by atoms with E-state index in [4.69, 9.17) is 13.7 Å². The number of hydrogen-bond acceptors (Lipinski definition) is 2. The van der Waals surface area contributed by atoms with Gasteiger partial charge in [0.15, 0.2) is 7.98 Å². The first kappa shape index (κ1) is 7.03. The van der Waals surface area contributed by atoms with Crippen LogP contribution in [-0.4, -0.2) is 38.1 Å². The Labute approximate surface area is 55.6 Å². The minimum atomic E-state index is -0.941. The van der Waals surface area contributed by atoms with Gasteiger partial charge >= 0.3 is 0 Å². The summed E-state index contributed by atoms with van der Waals surface area (Å²) in [5.74, 6) is 0. The molecule has 50 valence electrons. The van der Waals surface area contributed by atoms with E-state index in [9.17, 15) is 4.39 Å². The Hall–Kier alpha value is -0.0851. The van der Waals surface area contributed by atoms with Crippen LogP contribution >= 0.6 is 0 Å². The Bertz CT molecular complexity index is 101. The van der Waals surface area contributed by atoms with Crippen LogP contribution in [0, 0.1) is 0 Å². The number of alkyl halides is 1. The number of hydrogen-bond donors (Lipinski definition) is 1. The third-order valence-electron chi connectivity index (χ3n) is 1.62. The normalized spacial score (nSPS) is 38.9. The van der Waals surface area contributed by atoms with E-state index in [1.165, 1.54) is 4.81 Å².